The van der Waals surface area contributed by atoms with E-state index in [1.807, 2.05) is 24.3 Å². The van der Waals surface area contributed by atoms with Crippen LogP contribution >= 0.6 is 0 Å². The van der Waals surface area contributed by atoms with Crippen LogP contribution in [-0.2, 0) is 20.4 Å². The van der Waals surface area contributed by atoms with Crippen LogP contribution in [0.5, 0.6) is 0 Å². The van der Waals surface area contributed by atoms with Gasteiger partial charge in [0.1, 0.15) is 0 Å². The van der Waals surface area contributed by atoms with Crippen molar-refractivity contribution in [3.8, 4) is 0 Å². The third kappa shape index (κ3) is 4.63. The fourth-order valence-corrected chi connectivity index (χ4v) is 4.09. The highest BCUT2D eigenvalue weighted by Crippen LogP contribution is 2.35. The summed E-state index contributed by atoms with van der Waals surface area (Å²) in [5, 5.41) is 0. The number of fused-ring (bicyclic) bond motifs is 2. The number of ether oxygens (including phenoxy) is 1. The van der Waals surface area contributed by atoms with Crippen LogP contribution in [0.1, 0.15) is 104 Å². The maximum Gasteiger partial charge on any atom is 0.305 e. The van der Waals surface area contributed by atoms with Gasteiger partial charge in [-0.3, -0.25) is 14.4 Å². The van der Waals surface area contributed by atoms with Crippen molar-refractivity contribution < 1.29 is 19.1 Å². The molecule has 0 radical (unpaired) electrons. The molecule has 1 aliphatic carbocycles. The number of benzene rings is 2. The van der Waals surface area contributed by atoms with Crippen LogP contribution < -0.4 is 0 Å². The number of hydrogen-bond acceptors (Lipinski definition) is 4. The molecule has 0 aromatic heterocycles. The lowest BCUT2D eigenvalue weighted by molar-refractivity contribution is -0.143. The van der Waals surface area contributed by atoms with Gasteiger partial charge in [0.15, 0.2) is 11.6 Å². The molecule has 0 aliphatic heterocycles. The standard InChI is InChI=1S/C27H32O4/c1-7-31-23(28)9-8-14-27(5,6)18-11-13-20-22(16-18)25(30)19-12-10-17(26(2,3)4)15-21(19)24(20)29/h10-13,15-16H,7-9,14H2,1-6H3. The predicted molar refractivity (Wildman–Crippen MR) is 122 cm³/mol. The van der Waals surface area contributed by atoms with Gasteiger partial charge in [0.25, 0.3) is 0 Å². The van der Waals surface area contributed by atoms with Crippen molar-refractivity contribution in [2.24, 2.45) is 0 Å². The Labute approximate surface area is 185 Å². The highest BCUT2D eigenvalue weighted by molar-refractivity contribution is 6.28. The minimum Gasteiger partial charge on any atom is -0.466 e. The molecule has 0 heterocycles. The smallest absolute Gasteiger partial charge is 0.305 e. The highest BCUT2D eigenvalue weighted by atomic mass is 16.5. The molecule has 2 aromatic rings. The highest BCUT2D eigenvalue weighted by Gasteiger charge is 2.32. The zero-order valence-corrected chi connectivity index (χ0v) is 19.4. The summed E-state index contributed by atoms with van der Waals surface area (Å²) < 4.78 is 5.00. The molecule has 0 saturated carbocycles. The van der Waals surface area contributed by atoms with Crippen molar-refractivity contribution in [1.29, 1.82) is 0 Å². The molecule has 31 heavy (non-hydrogen) atoms. The molecular formula is C27H32O4. The normalized spacial score (nSPS) is 13.6. The molecule has 0 N–H and O–H groups in total. The second kappa shape index (κ2) is 8.41. The summed E-state index contributed by atoms with van der Waals surface area (Å²) in [4.78, 5) is 38.1. The number of rotatable bonds is 6. The monoisotopic (exact) mass is 420 g/mol. The topological polar surface area (TPSA) is 60.4 Å². The lowest BCUT2D eigenvalue weighted by atomic mass is 9.75. The van der Waals surface area contributed by atoms with Crippen molar-refractivity contribution in [1.82, 2.24) is 0 Å². The number of hydrogen-bond donors (Lipinski definition) is 0. The Morgan fingerprint density at radius 1 is 0.806 bits per heavy atom. The van der Waals surface area contributed by atoms with Gasteiger partial charge in [-0.2, -0.15) is 0 Å². The molecule has 0 fully saturated rings. The largest absolute Gasteiger partial charge is 0.466 e. The number of carbonyl (C=O) groups is 3. The molecule has 0 amide bonds. The van der Waals surface area contributed by atoms with Gasteiger partial charge in [-0.1, -0.05) is 46.8 Å². The van der Waals surface area contributed by atoms with E-state index in [0.717, 1.165) is 17.5 Å². The van der Waals surface area contributed by atoms with Gasteiger partial charge in [0.2, 0.25) is 0 Å². The van der Waals surface area contributed by atoms with Crippen molar-refractivity contribution in [2.45, 2.75) is 71.6 Å². The first-order valence-corrected chi connectivity index (χ1v) is 11.0. The summed E-state index contributed by atoms with van der Waals surface area (Å²) in [6.07, 6.45) is 1.86. The van der Waals surface area contributed by atoms with Gasteiger partial charge in [-0.25, -0.2) is 0 Å². The number of ketones is 2. The Morgan fingerprint density at radius 2 is 1.32 bits per heavy atom. The summed E-state index contributed by atoms with van der Waals surface area (Å²) in [6.45, 7) is 12.7. The van der Waals surface area contributed by atoms with E-state index in [0.29, 0.717) is 41.7 Å². The Morgan fingerprint density at radius 3 is 1.84 bits per heavy atom. The summed E-state index contributed by atoms with van der Waals surface area (Å²) in [6, 6.07) is 11.2. The molecule has 0 spiro atoms. The first-order valence-electron chi connectivity index (χ1n) is 11.0. The Balaban J connectivity index is 1.89. The molecule has 0 bridgehead atoms. The molecule has 2 aromatic carbocycles. The maximum absolute atomic E-state index is 13.3. The average Bonchev–Trinajstić information content (AvgIpc) is 2.70. The van der Waals surface area contributed by atoms with Crippen LogP contribution in [0.2, 0.25) is 0 Å². The summed E-state index contributed by atoms with van der Waals surface area (Å²) >= 11 is 0. The first kappa shape index (κ1) is 22.9. The number of esters is 1. The molecule has 1 aliphatic rings. The van der Waals surface area contributed by atoms with Gasteiger partial charge >= 0.3 is 5.97 Å². The van der Waals surface area contributed by atoms with Crippen LogP contribution in [0.3, 0.4) is 0 Å². The minimum atomic E-state index is -0.235. The van der Waals surface area contributed by atoms with Crippen LogP contribution in [0.15, 0.2) is 36.4 Å². The predicted octanol–water partition coefficient (Wildman–Crippen LogP) is 5.77. The van der Waals surface area contributed by atoms with E-state index in [4.69, 9.17) is 4.74 Å². The Kier molecular flexibility index (Phi) is 6.22. The van der Waals surface area contributed by atoms with Gasteiger partial charge in [0.05, 0.1) is 6.61 Å². The van der Waals surface area contributed by atoms with E-state index in [2.05, 4.69) is 34.6 Å². The molecular weight excluding hydrogens is 388 g/mol. The molecule has 0 atom stereocenters. The molecule has 0 saturated heterocycles. The van der Waals surface area contributed by atoms with E-state index < -0.39 is 0 Å². The second-order valence-corrected chi connectivity index (χ2v) is 9.97. The van der Waals surface area contributed by atoms with E-state index in [1.165, 1.54) is 0 Å². The average molecular weight is 421 g/mol. The summed E-state index contributed by atoms with van der Waals surface area (Å²) in [7, 11) is 0. The molecule has 4 heteroatoms. The third-order valence-corrected chi connectivity index (χ3v) is 6.15. The van der Waals surface area contributed by atoms with Crippen LogP contribution in [0, 0.1) is 0 Å². The van der Waals surface area contributed by atoms with Crippen molar-refractivity contribution in [3.63, 3.8) is 0 Å². The Hall–Kier alpha value is -2.75. The van der Waals surface area contributed by atoms with E-state index in [9.17, 15) is 14.4 Å². The molecule has 0 unspecified atom stereocenters. The zero-order chi connectivity index (χ0) is 23.0. The van der Waals surface area contributed by atoms with Crippen molar-refractivity contribution in [3.05, 3.63) is 69.8 Å². The lowest BCUT2D eigenvalue weighted by Gasteiger charge is -2.28. The first-order chi connectivity index (χ1) is 14.5. The van der Waals surface area contributed by atoms with Crippen LogP contribution in [0.25, 0.3) is 0 Å². The van der Waals surface area contributed by atoms with Crippen LogP contribution in [-0.4, -0.2) is 24.1 Å². The fraction of sp³-hybridized carbons (Fsp3) is 0.444. The SMILES string of the molecule is CCOC(=O)CCCC(C)(C)c1ccc2c(c1)C(=O)c1ccc(C(C)(C)C)cc1C2=O. The second-order valence-electron chi connectivity index (χ2n) is 9.97. The third-order valence-electron chi connectivity index (χ3n) is 6.15. The van der Waals surface area contributed by atoms with Crippen molar-refractivity contribution in [2.75, 3.05) is 6.61 Å². The molecule has 3 rings (SSSR count). The molecule has 4 nitrogen and oxygen atoms in total. The van der Waals surface area contributed by atoms with Gasteiger partial charge in [-0.15, -0.1) is 0 Å². The fourth-order valence-electron chi connectivity index (χ4n) is 4.09. The van der Waals surface area contributed by atoms with E-state index in [1.54, 1.807) is 19.1 Å². The quantitative estimate of drug-likeness (QED) is 0.475. The summed E-state index contributed by atoms with van der Waals surface area (Å²) in [5.41, 5.74) is 3.60. The van der Waals surface area contributed by atoms with Crippen molar-refractivity contribution >= 4 is 17.5 Å². The Bertz CT molecular complexity index is 1040. The zero-order valence-electron chi connectivity index (χ0n) is 19.4. The summed E-state index contributed by atoms with van der Waals surface area (Å²) in [5.74, 6) is -0.382. The minimum absolute atomic E-state index is 0.0950. The molecule has 164 valence electrons. The van der Waals surface area contributed by atoms with Gasteiger partial charge in [0, 0.05) is 28.7 Å². The van der Waals surface area contributed by atoms with Crippen LogP contribution in [0.4, 0.5) is 0 Å². The maximum atomic E-state index is 13.3. The lowest BCUT2D eigenvalue weighted by Crippen LogP contribution is -2.25. The van der Waals surface area contributed by atoms with E-state index in [-0.39, 0.29) is 28.4 Å². The van der Waals surface area contributed by atoms with Gasteiger partial charge < -0.3 is 4.74 Å². The van der Waals surface area contributed by atoms with E-state index >= 15 is 0 Å². The number of carbonyl (C=O) groups excluding carboxylic acids is 3. The van der Waals surface area contributed by atoms with Gasteiger partial charge in [-0.05, 0) is 66.0 Å².